The smallest absolute Gasteiger partial charge is 0.220 e. The Hall–Kier alpha value is -1.38. The summed E-state index contributed by atoms with van der Waals surface area (Å²) in [7, 11) is 0. The Labute approximate surface area is 120 Å². The van der Waals surface area contributed by atoms with E-state index in [2.05, 4.69) is 5.32 Å². The van der Waals surface area contributed by atoms with Crippen LogP contribution in [0.5, 0.6) is 0 Å². The zero-order valence-electron chi connectivity index (χ0n) is 12.0. The van der Waals surface area contributed by atoms with E-state index in [1.807, 2.05) is 6.07 Å². The van der Waals surface area contributed by atoms with Crippen molar-refractivity contribution in [1.29, 1.82) is 0 Å². The summed E-state index contributed by atoms with van der Waals surface area (Å²) in [6.07, 6.45) is 8.92. The average Bonchev–Trinajstić information content (AvgIpc) is 2.46. The van der Waals surface area contributed by atoms with Gasteiger partial charge < -0.3 is 5.32 Å². The lowest BCUT2D eigenvalue weighted by atomic mass is 9.86. The van der Waals surface area contributed by atoms with Gasteiger partial charge in [0.1, 0.15) is 5.82 Å². The van der Waals surface area contributed by atoms with Gasteiger partial charge in [-0.05, 0) is 36.5 Å². The van der Waals surface area contributed by atoms with E-state index in [4.69, 9.17) is 0 Å². The van der Waals surface area contributed by atoms with Gasteiger partial charge in [-0.3, -0.25) is 4.79 Å². The summed E-state index contributed by atoms with van der Waals surface area (Å²) < 4.78 is 13.0. The van der Waals surface area contributed by atoms with Gasteiger partial charge in [0.05, 0.1) is 0 Å². The first kappa shape index (κ1) is 15.0. The molecule has 1 aromatic rings. The summed E-state index contributed by atoms with van der Waals surface area (Å²) >= 11 is 0. The summed E-state index contributed by atoms with van der Waals surface area (Å²) in [5.74, 6) is 0.663. The summed E-state index contributed by atoms with van der Waals surface area (Å²) in [5, 5.41) is 2.93. The maximum atomic E-state index is 13.0. The molecule has 20 heavy (non-hydrogen) atoms. The van der Waals surface area contributed by atoms with E-state index in [0.29, 0.717) is 19.4 Å². The SMILES string of the molecule is O=C(CCC1CCCCC1)NCCc1cccc(F)c1. The van der Waals surface area contributed by atoms with Crippen molar-refractivity contribution in [2.45, 2.75) is 51.4 Å². The zero-order valence-corrected chi connectivity index (χ0v) is 12.0. The van der Waals surface area contributed by atoms with E-state index in [0.717, 1.165) is 17.9 Å². The molecule has 0 aliphatic heterocycles. The van der Waals surface area contributed by atoms with Crippen molar-refractivity contribution < 1.29 is 9.18 Å². The van der Waals surface area contributed by atoms with Gasteiger partial charge >= 0.3 is 0 Å². The number of carbonyl (C=O) groups excluding carboxylic acids is 1. The second kappa shape index (κ2) is 8.03. The highest BCUT2D eigenvalue weighted by Crippen LogP contribution is 2.27. The number of hydrogen-bond donors (Lipinski definition) is 1. The van der Waals surface area contributed by atoms with Crippen molar-refractivity contribution in [2.24, 2.45) is 5.92 Å². The van der Waals surface area contributed by atoms with Gasteiger partial charge in [0.25, 0.3) is 0 Å². The molecule has 1 fully saturated rings. The molecule has 0 spiro atoms. The van der Waals surface area contributed by atoms with Crippen LogP contribution in [0.2, 0.25) is 0 Å². The highest BCUT2D eigenvalue weighted by Gasteiger charge is 2.14. The third kappa shape index (κ3) is 5.32. The fourth-order valence-electron chi connectivity index (χ4n) is 2.94. The van der Waals surface area contributed by atoms with Gasteiger partial charge in [-0.2, -0.15) is 0 Å². The highest BCUT2D eigenvalue weighted by atomic mass is 19.1. The Balaban J connectivity index is 1.60. The van der Waals surface area contributed by atoms with E-state index in [9.17, 15) is 9.18 Å². The van der Waals surface area contributed by atoms with Gasteiger partial charge in [-0.15, -0.1) is 0 Å². The number of amides is 1. The van der Waals surface area contributed by atoms with Gasteiger partial charge in [0.15, 0.2) is 0 Å². The molecular weight excluding hydrogens is 253 g/mol. The lowest BCUT2D eigenvalue weighted by Gasteiger charge is -2.20. The molecule has 2 rings (SSSR count). The monoisotopic (exact) mass is 277 g/mol. The van der Waals surface area contributed by atoms with Crippen LogP contribution in [-0.4, -0.2) is 12.5 Å². The van der Waals surface area contributed by atoms with Crippen molar-refractivity contribution in [1.82, 2.24) is 5.32 Å². The fraction of sp³-hybridized carbons (Fsp3) is 0.588. The quantitative estimate of drug-likeness (QED) is 0.841. The standard InChI is InChI=1S/C17H24FNO/c18-16-8-4-7-15(13-16)11-12-19-17(20)10-9-14-5-2-1-3-6-14/h4,7-8,13-14H,1-3,5-6,9-12H2,(H,19,20). The number of hydrogen-bond acceptors (Lipinski definition) is 1. The van der Waals surface area contributed by atoms with Gasteiger partial charge in [-0.25, -0.2) is 4.39 Å². The lowest BCUT2D eigenvalue weighted by molar-refractivity contribution is -0.121. The van der Waals surface area contributed by atoms with Crippen molar-refractivity contribution in [3.8, 4) is 0 Å². The zero-order chi connectivity index (χ0) is 14.2. The summed E-state index contributed by atoms with van der Waals surface area (Å²) in [6, 6.07) is 6.55. The number of halogens is 1. The predicted molar refractivity (Wildman–Crippen MR) is 78.9 cm³/mol. The fourth-order valence-corrected chi connectivity index (χ4v) is 2.94. The Morgan fingerprint density at radius 3 is 2.80 bits per heavy atom. The van der Waals surface area contributed by atoms with Gasteiger partial charge in [-0.1, -0.05) is 44.2 Å². The van der Waals surface area contributed by atoms with Crippen molar-refractivity contribution in [2.75, 3.05) is 6.54 Å². The maximum absolute atomic E-state index is 13.0. The third-order valence-electron chi connectivity index (χ3n) is 4.13. The van der Waals surface area contributed by atoms with Crippen LogP contribution in [0.25, 0.3) is 0 Å². The molecule has 0 unspecified atom stereocenters. The molecule has 2 nitrogen and oxygen atoms in total. The predicted octanol–water partition coefficient (Wildman–Crippen LogP) is 3.84. The first-order valence-electron chi connectivity index (χ1n) is 7.75. The molecule has 0 radical (unpaired) electrons. The maximum Gasteiger partial charge on any atom is 0.220 e. The van der Waals surface area contributed by atoms with E-state index >= 15 is 0 Å². The number of nitrogens with one attached hydrogen (secondary N) is 1. The van der Waals surface area contributed by atoms with E-state index < -0.39 is 0 Å². The lowest BCUT2D eigenvalue weighted by Crippen LogP contribution is -2.26. The largest absolute Gasteiger partial charge is 0.356 e. The van der Waals surface area contributed by atoms with Crippen LogP contribution in [0.15, 0.2) is 24.3 Å². The molecule has 0 saturated heterocycles. The summed E-state index contributed by atoms with van der Waals surface area (Å²) in [6.45, 7) is 0.590. The molecule has 1 N–H and O–H groups in total. The second-order valence-electron chi connectivity index (χ2n) is 5.77. The minimum absolute atomic E-state index is 0.131. The van der Waals surface area contributed by atoms with Crippen molar-refractivity contribution in [3.05, 3.63) is 35.6 Å². The molecule has 0 aromatic heterocycles. The Morgan fingerprint density at radius 1 is 1.25 bits per heavy atom. The molecule has 0 heterocycles. The van der Waals surface area contributed by atoms with E-state index in [1.165, 1.54) is 44.2 Å². The van der Waals surface area contributed by atoms with Crippen LogP contribution in [0.3, 0.4) is 0 Å². The van der Waals surface area contributed by atoms with Gasteiger partial charge in [0.2, 0.25) is 5.91 Å². The van der Waals surface area contributed by atoms with Crippen LogP contribution in [0, 0.1) is 11.7 Å². The highest BCUT2D eigenvalue weighted by molar-refractivity contribution is 5.75. The van der Waals surface area contributed by atoms with Crippen LogP contribution in [-0.2, 0) is 11.2 Å². The Kier molecular flexibility index (Phi) is 6.03. The molecule has 1 aromatic carbocycles. The van der Waals surface area contributed by atoms with E-state index in [1.54, 1.807) is 6.07 Å². The summed E-state index contributed by atoms with van der Waals surface area (Å²) in [4.78, 5) is 11.8. The number of carbonyl (C=O) groups is 1. The molecule has 3 heteroatoms. The molecule has 1 amide bonds. The van der Waals surface area contributed by atoms with Crippen LogP contribution < -0.4 is 5.32 Å². The van der Waals surface area contributed by atoms with E-state index in [-0.39, 0.29) is 11.7 Å². The molecule has 1 saturated carbocycles. The van der Waals surface area contributed by atoms with Gasteiger partial charge in [0, 0.05) is 13.0 Å². The second-order valence-corrected chi connectivity index (χ2v) is 5.77. The molecule has 0 atom stereocenters. The number of rotatable bonds is 6. The van der Waals surface area contributed by atoms with Crippen molar-refractivity contribution >= 4 is 5.91 Å². The third-order valence-corrected chi connectivity index (χ3v) is 4.13. The minimum Gasteiger partial charge on any atom is -0.356 e. The van der Waals surface area contributed by atoms with Crippen molar-refractivity contribution in [3.63, 3.8) is 0 Å². The topological polar surface area (TPSA) is 29.1 Å². The van der Waals surface area contributed by atoms with Crippen LogP contribution in [0.4, 0.5) is 4.39 Å². The minimum atomic E-state index is -0.217. The Morgan fingerprint density at radius 2 is 2.05 bits per heavy atom. The first-order valence-corrected chi connectivity index (χ1v) is 7.75. The Bertz CT molecular complexity index is 427. The summed E-state index contributed by atoms with van der Waals surface area (Å²) in [5.41, 5.74) is 0.928. The van der Waals surface area contributed by atoms with Crippen LogP contribution in [0.1, 0.15) is 50.5 Å². The average molecular weight is 277 g/mol. The molecule has 1 aliphatic rings. The van der Waals surface area contributed by atoms with Crippen LogP contribution >= 0.6 is 0 Å². The number of benzene rings is 1. The molecule has 110 valence electrons. The normalized spacial score (nSPS) is 16.1. The molecule has 0 bridgehead atoms. The molecular formula is C17H24FNO. The first-order chi connectivity index (χ1) is 9.74. The molecule has 1 aliphatic carbocycles.